The molecule has 1 aliphatic rings. The van der Waals surface area contributed by atoms with Gasteiger partial charge in [0.2, 0.25) is 5.91 Å². The molecule has 3 rings (SSSR count). The number of benzene rings is 1. The summed E-state index contributed by atoms with van der Waals surface area (Å²) in [7, 11) is 0. The van der Waals surface area contributed by atoms with Gasteiger partial charge in [-0.3, -0.25) is 9.78 Å². The topological polar surface area (TPSA) is 62.2 Å². The second-order valence-electron chi connectivity index (χ2n) is 6.51. The van der Waals surface area contributed by atoms with Crippen LogP contribution in [-0.2, 0) is 4.79 Å². The molecule has 0 spiro atoms. The zero-order chi connectivity index (χ0) is 18.0. The number of carbonyl (C=O) groups is 1. The lowest BCUT2D eigenvalue weighted by Crippen LogP contribution is -2.41. The van der Waals surface area contributed by atoms with Gasteiger partial charge in [-0.15, -0.1) is 0 Å². The van der Waals surface area contributed by atoms with E-state index in [1.165, 1.54) is 0 Å². The first-order valence-corrected chi connectivity index (χ1v) is 8.21. The molecule has 25 heavy (non-hydrogen) atoms. The van der Waals surface area contributed by atoms with E-state index < -0.39 is 37.1 Å². The molecule has 2 N–H and O–H groups in total. The van der Waals surface area contributed by atoms with Gasteiger partial charge in [-0.25, -0.2) is 0 Å². The van der Waals surface area contributed by atoms with Crippen molar-refractivity contribution in [2.45, 2.75) is 44.0 Å². The number of pyridine rings is 1. The Bertz CT molecular complexity index is 757. The summed E-state index contributed by atoms with van der Waals surface area (Å²) >= 11 is 0. The average Bonchev–Trinajstić information content (AvgIpc) is 2.54. The third kappa shape index (κ3) is 4.48. The van der Waals surface area contributed by atoms with Crippen molar-refractivity contribution in [3.05, 3.63) is 42.1 Å². The summed E-state index contributed by atoms with van der Waals surface area (Å²) in [6.07, 6.45) is -3.86. The van der Waals surface area contributed by atoms with Gasteiger partial charge in [0.15, 0.2) is 0 Å². The Kier molecular flexibility index (Phi) is 4.94. The minimum Gasteiger partial charge on any atom is -0.393 e. The summed E-state index contributed by atoms with van der Waals surface area (Å²) in [6.45, 7) is 0. The van der Waals surface area contributed by atoms with Crippen LogP contribution in [0.5, 0.6) is 0 Å². The summed E-state index contributed by atoms with van der Waals surface area (Å²) in [4.78, 5) is 16.3. The number of carbonyl (C=O) groups excluding carboxylic acids is 1. The Hall–Kier alpha value is -2.15. The van der Waals surface area contributed by atoms with Crippen LogP contribution < -0.4 is 5.32 Å². The number of nitrogens with one attached hydrogen (secondary N) is 1. The number of rotatable bonds is 5. The molecule has 1 fully saturated rings. The maximum Gasteiger partial charge on any atom is 0.389 e. The third-order valence-electron chi connectivity index (χ3n) is 4.54. The number of aliphatic hydroxyl groups is 1. The van der Waals surface area contributed by atoms with Crippen LogP contribution in [0, 0.1) is 5.92 Å². The number of aromatic nitrogens is 1. The van der Waals surface area contributed by atoms with Crippen LogP contribution in [0.3, 0.4) is 0 Å². The summed E-state index contributed by atoms with van der Waals surface area (Å²) in [5.74, 6) is -0.648. The molecule has 1 aromatic heterocycles. The standard InChI is InChI=1S/C18H19F3N2O2/c19-18(20,21)6-5-16(25)23-17(12-8-14(24)9-12)13-7-11-3-1-2-4-15(11)22-10-13/h1-4,7,10,12,14,17,24H,5-6,8-9H2,(H,23,25). The van der Waals surface area contributed by atoms with E-state index in [4.69, 9.17) is 0 Å². The molecule has 0 aliphatic heterocycles. The van der Waals surface area contributed by atoms with Gasteiger partial charge >= 0.3 is 6.18 Å². The fraction of sp³-hybridized carbons (Fsp3) is 0.444. The third-order valence-corrected chi connectivity index (χ3v) is 4.54. The van der Waals surface area contributed by atoms with Crippen molar-refractivity contribution in [1.29, 1.82) is 0 Å². The number of nitrogens with zero attached hydrogens (tertiary/aromatic N) is 1. The van der Waals surface area contributed by atoms with E-state index in [-0.39, 0.29) is 5.92 Å². The van der Waals surface area contributed by atoms with Gasteiger partial charge < -0.3 is 10.4 Å². The lowest BCUT2D eigenvalue weighted by molar-refractivity contribution is -0.144. The SMILES string of the molecule is O=C(CCC(F)(F)F)NC(c1cnc2ccccc2c1)C1CC(O)C1. The molecule has 1 aliphatic carbocycles. The van der Waals surface area contributed by atoms with Gasteiger partial charge in [0.1, 0.15) is 0 Å². The second-order valence-corrected chi connectivity index (χ2v) is 6.51. The fourth-order valence-corrected chi connectivity index (χ4v) is 3.13. The van der Waals surface area contributed by atoms with Gasteiger partial charge in [0.25, 0.3) is 0 Å². The summed E-state index contributed by atoms with van der Waals surface area (Å²) in [5, 5.41) is 13.2. The van der Waals surface area contributed by atoms with Crippen LogP contribution in [0.15, 0.2) is 36.5 Å². The van der Waals surface area contributed by atoms with Gasteiger partial charge in [0, 0.05) is 18.0 Å². The number of aliphatic hydroxyl groups excluding tert-OH is 1. The molecule has 1 aromatic carbocycles. The molecule has 0 saturated heterocycles. The minimum absolute atomic E-state index is 0.00667. The predicted octanol–water partition coefficient (Wildman–Crippen LogP) is 3.51. The largest absolute Gasteiger partial charge is 0.393 e. The average molecular weight is 352 g/mol. The Morgan fingerprint density at radius 2 is 2.04 bits per heavy atom. The van der Waals surface area contributed by atoms with E-state index in [0.717, 1.165) is 16.5 Å². The van der Waals surface area contributed by atoms with Crippen molar-refractivity contribution in [3.63, 3.8) is 0 Å². The highest BCUT2D eigenvalue weighted by Gasteiger charge is 2.36. The van der Waals surface area contributed by atoms with E-state index in [0.29, 0.717) is 12.8 Å². The number of hydrogen-bond donors (Lipinski definition) is 2. The van der Waals surface area contributed by atoms with Crippen molar-refractivity contribution in [3.8, 4) is 0 Å². The summed E-state index contributed by atoms with van der Waals surface area (Å²) in [6, 6.07) is 8.95. The van der Waals surface area contributed by atoms with Gasteiger partial charge in [-0.2, -0.15) is 13.2 Å². The van der Waals surface area contributed by atoms with Crippen molar-refractivity contribution in [2.75, 3.05) is 0 Å². The molecule has 7 heteroatoms. The molecule has 0 radical (unpaired) electrons. The lowest BCUT2D eigenvalue weighted by atomic mass is 9.75. The number of alkyl halides is 3. The van der Waals surface area contributed by atoms with E-state index in [1.54, 1.807) is 6.20 Å². The number of amides is 1. The normalized spacial score (nSPS) is 21.6. The predicted molar refractivity (Wildman–Crippen MR) is 86.6 cm³/mol. The lowest BCUT2D eigenvalue weighted by Gasteiger charge is -2.38. The Balaban J connectivity index is 1.78. The molecule has 1 atom stereocenters. The van der Waals surface area contributed by atoms with Crippen LogP contribution in [0.1, 0.15) is 37.3 Å². The van der Waals surface area contributed by atoms with Gasteiger partial charge in [-0.1, -0.05) is 18.2 Å². The first-order valence-electron chi connectivity index (χ1n) is 8.21. The molecular formula is C18H19F3N2O2. The first kappa shape index (κ1) is 17.7. The van der Waals surface area contributed by atoms with Gasteiger partial charge in [0.05, 0.1) is 24.1 Å². The highest BCUT2D eigenvalue weighted by atomic mass is 19.4. The summed E-state index contributed by atoms with van der Waals surface area (Å²) in [5.41, 5.74) is 1.55. The molecule has 134 valence electrons. The molecule has 0 bridgehead atoms. The van der Waals surface area contributed by atoms with Crippen LogP contribution in [0.2, 0.25) is 0 Å². The van der Waals surface area contributed by atoms with Crippen LogP contribution in [-0.4, -0.2) is 28.3 Å². The number of para-hydroxylation sites is 1. The van der Waals surface area contributed by atoms with Crippen LogP contribution in [0.4, 0.5) is 13.2 Å². The maximum absolute atomic E-state index is 12.3. The zero-order valence-corrected chi connectivity index (χ0v) is 13.5. The molecule has 4 nitrogen and oxygen atoms in total. The second kappa shape index (κ2) is 7.00. The molecule has 2 aromatic rings. The van der Waals surface area contributed by atoms with Crippen molar-refractivity contribution >= 4 is 16.8 Å². The zero-order valence-electron chi connectivity index (χ0n) is 13.5. The monoisotopic (exact) mass is 352 g/mol. The van der Waals surface area contributed by atoms with Crippen LogP contribution >= 0.6 is 0 Å². The summed E-state index contributed by atoms with van der Waals surface area (Å²) < 4.78 is 36.9. The van der Waals surface area contributed by atoms with E-state index in [9.17, 15) is 23.1 Å². The van der Waals surface area contributed by atoms with Crippen molar-refractivity contribution in [2.24, 2.45) is 5.92 Å². The first-order chi connectivity index (χ1) is 11.8. The molecule has 1 amide bonds. The number of hydrogen-bond acceptors (Lipinski definition) is 3. The molecule has 1 saturated carbocycles. The Morgan fingerprint density at radius 3 is 2.72 bits per heavy atom. The Labute approximate surface area is 143 Å². The number of halogens is 3. The Morgan fingerprint density at radius 1 is 1.32 bits per heavy atom. The maximum atomic E-state index is 12.3. The van der Waals surface area contributed by atoms with E-state index in [1.807, 2.05) is 30.3 Å². The number of fused-ring (bicyclic) bond motifs is 1. The highest BCUT2D eigenvalue weighted by molar-refractivity contribution is 5.80. The van der Waals surface area contributed by atoms with Crippen molar-refractivity contribution in [1.82, 2.24) is 10.3 Å². The van der Waals surface area contributed by atoms with Crippen molar-refractivity contribution < 1.29 is 23.1 Å². The molecule has 1 unspecified atom stereocenters. The highest BCUT2D eigenvalue weighted by Crippen LogP contribution is 2.38. The minimum atomic E-state index is -4.36. The quantitative estimate of drug-likeness (QED) is 0.866. The van der Waals surface area contributed by atoms with Gasteiger partial charge in [-0.05, 0) is 36.5 Å². The van der Waals surface area contributed by atoms with E-state index >= 15 is 0 Å². The fourth-order valence-electron chi connectivity index (χ4n) is 3.13. The molecular weight excluding hydrogens is 333 g/mol. The van der Waals surface area contributed by atoms with E-state index in [2.05, 4.69) is 10.3 Å². The smallest absolute Gasteiger partial charge is 0.389 e. The van der Waals surface area contributed by atoms with Crippen LogP contribution in [0.25, 0.3) is 10.9 Å². The molecule has 1 heterocycles.